The first-order valence-corrected chi connectivity index (χ1v) is 13.4. The Kier molecular flexibility index (Phi) is 8.72. The largest absolute Gasteiger partial charge is 0.444 e. The number of hydrogen-bond acceptors (Lipinski definition) is 3. The van der Waals surface area contributed by atoms with Gasteiger partial charge in [-0.3, -0.25) is 0 Å². The minimum Gasteiger partial charge on any atom is -0.444 e. The van der Waals surface area contributed by atoms with Gasteiger partial charge in [-0.05, 0) is 57.3 Å². The van der Waals surface area contributed by atoms with Crippen LogP contribution < -0.4 is 0 Å². The molecule has 0 fully saturated rings. The van der Waals surface area contributed by atoms with Gasteiger partial charge in [0, 0.05) is 13.1 Å². The smallest absolute Gasteiger partial charge is 0.410 e. The molecule has 0 bridgehead atoms. The second kappa shape index (κ2) is 9.94. The summed E-state index contributed by atoms with van der Waals surface area (Å²) in [5, 5.41) is 0.102. The maximum Gasteiger partial charge on any atom is 0.410 e. The van der Waals surface area contributed by atoms with Crippen molar-refractivity contribution in [2.24, 2.45) is 0 Å². The Morgan fingerprint density at radius 2 is 1.69 bits per heavy atom. The van der Waals surface area contributed by atoms with E-state index in [4.69, 9.17) is 9.16 Å². The van der Waals surface area contributed by atoms with Gasteiger partial charge in [0.25, 0.3) is 0 Å². The molecule has 0 saturated heterocycles. The Bertz CT molecular complexity index is 659. The normalized spacial score (nSPS) is 14.8. The summed E-state index contributed by atoms with van der Waals surface area (Å²) in [4.78, 5) is 14.4. The van der Waals surface area contributed by atoms with Crippen molar-refractivity contribution in [3.63, 3.8) is 0 Å². The predicted molar refractivity (Wildman–Crippen MR) is 125 cm³/mol. The monoisotopic (exact) mass is 419 g/mol. The maximum atomic E-state index is 12.7. The Morgan fingerprint density at radius 3 is 2.14 bits per heavy atom. The van der Waals surface area contributed by atoms with Crippen LogP contribution in [-0.2, 0) is 9.16 Å². The van der Waals surface area contributed by atoms with Crippen LogP contribution in [0.2, 0.25) is 18.1 Å². The zero-order valence-corrected chi connectivity index (χ0v) is 20.9. The molecule has 0 aliphatic rings. The third-order valence-electron chi connectivity index (χ3n) is 5.57. The van der Waals surface area contributed by atoms with Gasteiger partial charge in [-0.25, -0.2) is 4.79 Å². The molecule has 2 atom stereocenters. The fourth-order valence-electron chi connectivity index (χ4n) is 2.79. The van der Waals surface area contributed by atoms with Crippen molar-refractivity contribution < 1.29 is 14.0 Å². The lowest BCUT2D eigenvalue weighted by atomic mass is 9.99. The lowest BCUT2D eigenvalue weighted by molar-refractivity contribution is 0.0174. The number of carbonyl (C=O) groups excluding carboxylic acids is 1. The van der Waals surface area contributed by atoms with Crippen LogP contribution in [0.25, 0.3) is 0 Å². The van der Waals surface area contributed by atoms with Crippen molar-refractivity contribution in [2.45, 2.75) is 90.3 Å². The van der Waals surface area contributed by atoms with Crippen molar-refractivity contribution >= 4 is 14.4 Å². The molecular formula is C24H41NO3Si. The molecule has 0 aromatic heterocycles. The Labute approximate surface area is 179 Å². The number of ether oxygens (including phenoxy) is 1. The molecule has 1 aromatic carbocycles. The van der Waals surface area contributed by atoms with Crippen molar-refractivity contribution in [1.82, 2.24) is 4.90 Å². The highest BCUT2D eigenvalue weighted by Gasteiger charge is 2.40. The van der Waals surface area contributed by atoms with Gasteiger partial charge in [0.1, 0.15) is 5.60 Å². The summed E-state index contributed by atoms with van der Waals surface area (Å²) in [5.41, 5.74) is 0.615. The molecule has 4 nitrogen and oxygen atoms in total. The molecule has 0 radical (unpaired) electrons. The number of rotatable bonds is 8. The van der Waals surface area contributed by atoms with Gasteiger partial charge in [-0.1, -0.05) is 57.2 Å². The zero-order chi connectivity index (χ0) is 22.5. The molecule has 1 amide bonds. The topological polar surface area (TPSA) is 38.8 Å². The summed E-state index contributed by atoms with van der Waals surface area (Å²) in [6.45, 7) is 20.8. The third-order valence-corrected chi connectivity index (χ3v) is 10.1. The molecule has 0 heterocycles. The maximum absolute atomic E-state index is 12.7. The third kappa shape index (κ3) is 7.98. The zero-order valence-electron chi connectivity index (χ0n) is 19.9. The van der Waals surface area contributed by atoms with Gasteiger partial charge < -0.3 is 14.1 Å². The molecule has 0 spiro atoms. The average molecular weight is 420 g/mol. The molecule has 1 rings (SSSR count). The minimum absolute atomic E-state index is 0.0580. The van der Waals surface area contributed by atoms with E-state index in [2.05, 4.69) is 52.6 Å². The van der Waals surface area contributed by atoms with Crippen LogP contribution in [0.5, 0.6) is 0 Å². The summed E-state index contributed by atoms with van der Waals surface area (Å²) < 4.78 is 12.4. The average Bonchev–Trinajstić information content (AvgIpc) is 2.58. The molecule has 29 heavy (non-hydrogen) atoms. The van der Waals surface area contributed by atoms with Crippen LogP contribution >= 0.6 is 0 Å². The lowest BCUT2D eigenvalue weighted by Crippen LogP contribution is -2.45. The molecular weight excluding hydrogens is 378 g/mol. The van der Waals surface area contributed by atoms with Crippen molar-refractivity contribution in [3.05, 3.63) is 48.6 Å². The second-order valence-corrected chi connectivity index (χ2v) is 15.0. The first-order valence-electron chi connectivity index (χ1n) is 10.5. The SMILES string of the molecule is C=CC[C@H](C[C@H](O[Si](C)(C)C(C)(C)C)c1ccccc1)N(C)C(=O)OC(C)(C)C. The standard InChI is InChI=1S/C24H41NO3Si/c1-11-15-20(25(8)22(26)27-23(2,3)4)18-21(19-16-13-12-14-17-19)28-29(9,10)24(5,6)7/h11-14,16-17,20-21H,1,15,18H2,2-10H3/t20-,21+/m1/s1. The molecule has 0 aliphatic carbocycles. The molecule has 0 unspecified atom stereocenters. The van der Waals surface area contributed by atoms with Gasteiger partial charge in [0.15, 0.2) is 8.32 Å². The van der Waals surface area contributed by atoms with Gasteiger partial charge in [-0.2, -0.15) is 0 Å². The number of nitrogens with zero attached hydrogens (tertiary/aromatic N) is 1. The highest BCUT2D eigenvalue weighted by atomic mass is 28.4. The quantitative estimate of drug-likeness (QED) is 0.338. The number of amides is 1. The lowest BCUT2D eigenvalue weighted by Gasteiger charge is -2.41. The second-order valence-electron chi connectivity index (χ2n) is 10.3. The van der Waals surface area contributed by atoms with Crippen molar-refractivity contribution in [1.29, 1.82) is 0 Å². The van der Waals surface area contributed by atoms with E-state index in [9.17, 15) is 4.79 Å². The van der Waals surface area contributed by atoms with E-state index in [-0.39, 0.29) is 23.3 Å². The summed E-state index contributed by atoms with van der Waals surface area (Å²) in [6.07, 6.45) is 2.83. The molecule has 1 aromatic rings. The first-order chi connectivity index (χ1) is 13.2. The molecule has 0 N–H and O–H groups in total. The molecule has 0 aliphatic heterocycles. The summed E-state index contributed by atoms with van der Waals surface area (Å²) in [6, 6.07) is 10.2. The van der Waals surface area contributed by atoms with E-state index in [0.29, 0.717) is 12.8 Å². The van der Waals surface area contributed by atoms with Gasteiger partial charge in [0.05, 0.1) is 6.10 Å². The molecule has 164 valence electrons. The van der Waals surface area contributed by atoms with Crippen LogP contribution in [0.1, 0.15) is 66.1 Å². The van der Waals surface area contributed by atoms with E-state index in [1.807, 2.05) is 45.0 Å². The van der Waals surface area contributed by atoms with Crippen LogP contribution in [0.4, 0.5) is 4.79 Å². The van der Waals surface area contributed by atoms with Crippen LogP contribution in [-0.4, -0.2) is 38.0 Å². The van der Waals surface area contributed by atoms with Crippen LogP contribution in [0.3, 0.4) is 0 Å². The summed E-state index contributed by atoms with van der Waals surface area (Å²) in [7, 11) is -0.199. The van der Waals surface area contributed by atoms with E-state index < -0.39 is 13.9 Å². The fraction of sp³-hybridized carbons (Fsp3) is 0.625. The fourth-order valence-corrected chi connectivity index (χ4v) is 4.08. The highest BCUT2D eigenvalue weighted by molar-refractivity contribution is 6.74. The minimum atomic E-state index is -2.00. The molecule has 5 heteroatoms. The summed E-state index contributed by atoms with van der Waals surface area (Å²) in [5.74, 6) is 0. The Morgan fingerprint density at radius 1 is 1.14 bits per heavy atom. The van der Waals surface area contributed by atoms with E-state index in [1.54, 1.807) is 11.9 Å². The van der Waals surface area contributed by atoms with Crippen molar-refractivity contribution in [2.75, 3.05) is 7.05 Å². The van der Waals surface area contributed by atoms with Crippen LogP contribution in [0, 0.1) is 0 Å². The van der Waals surface area contributed by atoms with Gasteiger partial charge in [0.2, 0.25) is 0 Å². The Hall–Kier alpha value is -1.59. The van der Waals surface area contributed by atoms with Gasteiger partial charge >= 0.3 is 6.09 Å². The summed E-state index contributed by atoms with van der Waals surface area (Å²) >= 11 is 0. The molecule has 0 saturated carbocycles. The highest BCUT2D eigenvalue weighted by Crippen LogP contribution is 2.41. The van der Waals surface area contributed by atoms with E-state index in [1.165, 1.54) is 0 Å². The number of hydrogen-bond donors (Lipinski definition) is 0. The predicted octanol–water partition coefficient (Wildman–Crippen LogP) is 6.95. The number of carbonyl (C=O) groups is 1. The van der Waals surface area contributed by atoms with Gasteiger partial charge in [-0.15, -0.1) is 6.58 Å². The van der Waals surface area contributed by atoms with E-state index in [0.717, 1.165) is 5.56 Å². The Balaban J connectivity index is 3.16. The number of benzene rings is 1. The first kappa shape index (κ1) is 25.4. The van der Waals surface area contributed by atoms with E-state index >= 15 is 0 Å². The van der Waals surface area contributed by atoms with Crippen molar-refractivity contribution in [3.8, 4) is 0 Å². The van der Waals surface area contributed by atoms with Crippen LogP contribution in [0.15, 0.2) is 43.0 Å².